The van der Waals surface area contributed by atoms with Crippen molar-refractivity contribution in [3.8, 4) is 0 Å². The average molecular weight is 338 g/mol. The van der Waals surface area contributed by atoms with Crippen molar-refractivity contribution in [2.24, 2.45) is 23.7 Å². The number of nitrogens with zero attached hydrogens (tertiary/aromatic N) is 1. The number of nitrogens with one attached hydrogen (secondary N) is 1. The van der Waals surface area contributed by atoms with Crippen LogP contribution in [0.5, 0.6) is 0 Å². The molecule has 3 amide bonds. The van der Waals surface area contributed by atoms with Crippen molar-refractivity contribution >= 4 is 23.4 Å². The van der Waals surface area contributed by atoms with Gasteiger partial charge in [0.2, 0.25) is 17.7 Å². The molecular formula is C20H22N2O3. The average Bonchev–Trinajstić information content (AvgIpc) is 2.85. The van der Waals surface area contributed by atoms with Gasteiger partial charge in [-0.15, -0.1) is 0 Å². The first-order valence-corrected chi connectivity index (χ1v) is 8.86. The van der Waals surface area contributed by atoms with E-state index in [1.165, 1.54) is 4.90 Å². The second kappa shape index (κ2) is 5.83. The molecule has 1 aromatic carbocycles. The molecule has 3 aliphatic carbocycles. The number of fused-ring (bicyclic) bond motifs is 1. The van der Waals surface area contributed by atoms with Gasteiger partial charge in [-0.25, -0.2) is 0 Å². The lowest BCUT2D eigenvalue weighted by Crippen LogP contribution is -2.38. The highest BCUT2D eigenvalue weighted by Gasteiger charge is 2.56. The summed E-state index contributed by atoms with van der Waals surface area (Å²) in [5, 5.41) is 2.82. The molecular weight excluding hydrogens is 316 g/mol. The van der Waals surface area contributed by atoms with Crippen molar-refractivity contribution in [3.05, 3.63) is 41.5 Å². The maximum atomic E-state index is 12.7. The molecule has 25 heavy (non-hydrogen) atoms. The Labute approximate surface area is 147 Å². The minimum Gasteiger partial charge on any atom is -0.324 e. The largest absolute Gasteiger partial charge is 0.324 e. The van der Waals surface area contributed by atoms with E-state index in [-0.39, 0.29) is 47.9 Å². The van der Waals surface area contributed by atoms with Crippen LogP contribution in [0.4, 0.5) is 5.69 Å². The molecule has 4 atom stereocenters. The molecule has 5 nitrogen and oxygen atoms in total. The van der Waals surface area contributed by atoms with Crippen LogP contribution < -0.4 is 5.32 Å². The van der Waals surface area contributed by atoms with E-state index in [9.17, 15) is 14.4 Å². The Morgan fingerprint density at radius 3 is 2.20 bits per heavy atom. The van der Waals surface area contributed by atoms with E-state index in [1.54, 1.807) is 0 Å². The summed E-state index contributed by atoms with van der Waals surface area (Å²) in [6.07, 6.45) is 6.09. The van der Waals surface area contributed by atoms with Gasteiger partial charge in [-0.1, -0.05) is 29.8 Å². The van der Waals surface area contributed by atoms with Gasteiger partial charge in [0.25, 0.3) is 0 Å². The quantitative estimate of drug-likeness (QED) is 0.680. The molecule has 1 aliphatic heterocycles. The molecule has 2 bridgehead atoms. The normalized spacial score (nSPS) is 29.9. The SMILES string of the molecule is Cc1ccc(NC(=O)CN2C(=O)[C@@H]3[C@H](C2=O)[C@H]2C=C[C@H]3CC2)c(C)c1. The zero-order valence-corrected chi connectivity index (χ0v) is 14.5. The van der Waals surface area contributed by atoms with E-state index in [1.807, 2.05) is 32.0 Å². The molecule has 1 aromatic rings. The van der Waals surface area contributed by atoms with Crippen LogP contribution in [0.1, 0.15) is 24.0 Å². The third-order valence-electron chi connectivity index (χ3n) is 5.81. The molecule has 0 unspecified atom stereocenters. The number of likely N-dealkylation sites (tertiary alicyclic amines) is 1. The highest BCUT2D eigenvalue weighted by Crippen LogP contribution is 2.49. The van der Waals surface area contributed by atoms with Crippen molar-refractivity contribution < 1.29 is 14.4 Å². The van der Waals surface area contributed by atoms with Crippen molar-refractivity contribution in [1.82, 2.24) is 4.90 Å². The number of aryl methyl sites for hydroxylation is 2. The minimum atomic E-state index is -0.326. The zero-order chi connectivity index (χ0) is 17.7. The zero-order valence-electron chi connectivity index (χ0n) is 14.5. The molecule has 1 saturated carbocycles. The summed E-state index contributed by atoms with van der Waals surface area (Å²) in [6.45, 7) is 3.72. The van der Waals surface area contributed by atoms with Gasteiger partial charge in [0.05, 0.1) is 11.8 Å². The molecule has 1 N–H and O–H groups in total. The maximum Gasteiger partial charge on any atom is 0.244 e. The van der Waals surface area contributed by atoms with Crippen molar-refractivity contribution in [3.63, 3.8) is 0 Å². The first kappa shape index (κ1) is 16.1. The highest BCUT2D eigenvalue weighted by atomic mass is 16.2. The number of carbonyl (C=O) groups excluding carboxylic acids is 3. The van der Waals surface area contributed by atoms with Gasteiger partial charge < -0.3 is 5.32 Å². The number of hydrogen-bond donors (Lipinski definition) is 1. The fraction of sp³-hybridized carbons (Fsp3) is 0.450. The van der Waals surface area contributed by atoms with Crippen LogP contribution in [0.3, 0.4) is 0 Å². The Morgan fingerprint density at radius 1 is 1.08 bits per heavy atom. The Bertz CT molecular complexity index is 766. The Kier molecular flexibility index (Phi) is 3.74. The van der Waals surface area contributed by atoms with Crippen LogP contribution in [0.15, 0.2) is 30.4 Å². The second-order valence-corrected chi connectivity index (χ2v) is 7.47. The second-order valence-electron chi connectivity index (χ2n) is 7.47. The first-order chi connectivity index (χ1) is 12.0. The van der Waals surface area contributed by atoms with Crippen molar-refractivity contribution in [2.45, 2.75) is 26.7 Å². The molecule has 5 heteroatoms. The number of amides is 3. The van der Waals surface area contributed by atoms with Gasteiger partial charge in [-0.2, -0.15) is 0 Å². The lowest BCUT2D eigenvalue weighted by atomic mass is 9.63. The molecule has 0 radical (unpaired) electrons. The lowest BCUT2D eigenvalue weighted by molar-refractivity contribution is -0.142. The number of hydrogen-bond acceptors (Lipinski definition) is 3. The molecule has 1 heterocycles. The van der Waals surface area contributed by atoms with E-state index in [0.29, 0.717) is 5.69 Å². The predicted octanol–water partition coefficient (Wildman–Crippen LogP) is 2.44. The van der Waals surface area contributed by atoms with Crippen LogP contribution in [-0.4, -0.2) is 29.2 Å². The number of rotatable bonds is 3. The summed E-state index contributed by atoms with van der Waals surface area (Å²) in [6, 6.07) is 5.76. The number of allylic oxidation sites excluding steroid dienone is 2. The monoisotopic (exact) mass is 338 g/mol. The van der Waals surface area contributed by atoms with E-state index < -0.39 is 0 Å². The summed E-state index contributed by atoms with van der Waals surface area (Å²) in [5.74, 6) is -0.893. The van der Waals surface area contributed by atoms with Gasteiger partial charge in [0, 0.05) is 5.69 Å². The molecule has 4 aliphatic rings. The minimum absolute atomic E-state index is 0.152. The molecule has 5 rings (SSSR count). The van der Waals surface area contributed by atoms with Crippen LogP contribution >= 0.6 is 0 Å². The van der Waals surface area contributed by atoms with Crippen LogP contribution in [0, 0.1) is 37.5 Å². The van der Waals surface area contributed by atoms with Gasteiger partial charge in [0.1, 0.15) is 6.54 Å². The standard InChI is InChI=1S/C20H22N2O3/c1-11-3-8-15(12(2)9-11)21-16(23)10-22-19(24)17-13-4-5-14(7-6-13)18(17)20(22)25/h3-5,8-9,13-14,17-18H,6-7,10H2,1-2H3,(H,21,23)/t13-,14-,17-,18+/m0/s1. The summed E-state index contributed by atoms with van der Waals surface area (Å²) in [4.78, 5) is 39.0. The Balaban J connectivity index is 1.48. The fourth-order valence-electron chi connectivity index (χ4n) is 4.58. The lowest BCUT2D eigenvalue weighted by Gasteiger charge is -2.38. The predicted molar refractivity (Wildman–Crippen MR) is 93.6 cm³/mol. The third-order valence-corrected chi connectivity index (χ3v) is 5.81. The van der Waals surface area contributed by atoms with E-state index in [2.05, 4.69) is 17.5 Å². The molecule has 0 spiro atoms. The van der Waals surface area contributed by atoms with Crippen molar-refractivity contribution in [1.29, 1.82) is 0 Å². The van der Waals surface area contributed by atoms with Gasteiger partial charge in [0.15, 0.2) is 0 Å². The van der Waals surface area contributed by atoms with Gasteiger partial charge in [-0.05, 0) is 50.2 Å². The Hall–Kier alpha value is -2.43. The topological polar surface area (TPSA) is 66.5 Å². The summed E-state index contributed by atoms with van der Waals surface area (Å²) >= 11 is 0. The maximum absolute atomic E-state index is 12.7. The van der Waals surface area contributed by atoms with Crippen LogP contribution in [-0.2, 0) is 14.4 Å². The molecule has 0 aromatic heterocycles. The van der Waals surface area contributed by atoms with Crippen LogP contribution in [0.25, 0.3) is 0 Å². The summed E-state index contributed by atoms with van der Waals surface area (Å²) in [5.41, 5.74) is 2.80. The number of imide groups is 1. The highest BCUT2D eigenvalue weighted by molar-refractivity contribution is 6.09. The van der Waals surface area contributed by atoms with Crippen LogP contribution in [0.2, 0.25) is 0 Å². The van der Waals surface area contributed by atoms with Crippen molar-refractivity contribution in [2.75, 3.05) is 11.9 Å². The fourth-order valence-corrected chi connectivity index (χ4v) is 4.58. The molecule has 130 valence electrons. The van der Waals surface area contributed by atoms with E-state index in [4.69, 9.17) is 0 Å². The summed E-state index contributed by atoms with van der Waals surface area (Å²) in [7, 11) is 0. The first-order valence-electron chi connectivity index (χ1n) is 8.86. The summed E-state index contributed by atoms with van der Waals surface area (Å²) < 4.78 is 0. The number of carbonyl (C=O) groups is 3. The smallest absolute Gasteiger partial charge is 0.244 e. The van der Waals surface area contributed by atoms with Gasteiger partial charge in [-0.3, -0.25) is 19.3 Å². The number of anilines is 1. The third kappa shape index (κ3) is 2.58. The Morgan fingerprint density at radius 2 is 1.68 bits per heavy atom. The van der Waals surface area contributed by atoms with Gasteiger partial charge >= 0.3 is 0 Å². The van der Waals surface area contributed by atoms with E-state index >= 15 is 0 Å². The molecule has 1 saturated heterocycles. The molecule has 2 fully saturated rings. The van der Waals surface area contributed by atoms with E-state index in [0.717, 1.165) is 24.0 Å². The number of benzene rings is 1.